The van der Waals surface area contributed by atoms with Gasteiger partial charge in [0.25, 0.3) is 5.56 Å². The largest absolute Gasteiger partial charge is 0.496 e. The van der Waals surface area contributed by atoms with E-state index in [-0.39, 0.29) is 38.4 Å². The number of nitrogens with one attached hydrogen (secondary N) is 1. The third-order valence-electron chi connectivity index (χ3n) is 4.20. The minimum absolute atomic E-state index is 0.0336. The monoisotopic (exact) mass is 411 g/mol. The first-order valence-corrected chi connectivity index (χ1v) is 8.31. The highest BCUT2D eigenvalue weighted by Crippen LogP contribution is 2.40. The van der Waals surface area contributed by atoms with E-state index in [1.54, 1.807) is 0 Å². The number of halogens is 4. The molecule has 146 valence electrons. The minimum atomic E-state index is -4.62. The smallest absolute Gasteiger partial charge is 0.416 e. The summed E-state index contributed by atoms with van der Waals surface area (Å²) in [5.74, 6) is -1.07. The number of pyridine rings is 1. The summed E-state index contributed by atoms with van der Waals surface area (Å²) in [4.78, 5) is 26.3. The molecule has 0 unspecified atom stereocenters. The first-order valence-electron chi connectivity index (χ1n) is 7.93. The van der Waals surface area contributed by atoms with Crippen LogP contribution in [0.2, 0.25) is 5.02 Å². The Morgan fingerprint density at radius 1 is 1.21 bits per heavy atom. The zero-order valence-corrected chi connectivity index (χ0v) is 15.1. The summed E-state index contributed by atoms with van der Waals surface area (Å²) in [6.45, 7) is 0. The standard InChI is InChI=1S/C19H13ClF3NO4/c1-28-15-5-3-10(20)7-12(15)17-11-6-9(19(21,22)23)2-4-14(11)24-18(27)13(17)8-16(25)26/h2-7H,8H2,1H3,(H,24,27)(H,25,26). The summed E-state index contributed by atoms with van der Waals surface area (Å²) in [5.41, 5.74) is -1.46. The summed E-state index contributed by atoms with van der Waals surface area (Å²) in [6, 6.07) is 7.26. The molecule has 3 aromatic rings. The van der Waals surface area contributed by atoms with Crippen LogP contribution in [0.4, 0.5) is 13.2 Å². The minimum Gasteiger partial charge on any atom is -0.496 e. The number of fused-ring (bicyclic) bond motifs is 1. The van der Waals surface area contributed by atoms with Gasteiger partial charge in [-0.25, -0.2) is 0 Å². The Labute approximate surface area is 161 Å². The molecule has 0 bridgehead atoms. The van der Waals surface area contributed by atoms with E-state index in [9.17, 15) is 27.9 Å². The van der Waals surface area contributed by atoms with Crippen molar-refractivity contribution in [2.24, 2.45) is 0 Å². The number of aromatic nitrogens is 1. The molecule has 0 fully saturated rings. The molecule has 0 aliphatic carbocycles. The van der Waals surface area contributed by atoms with Crippen molar-refractivity contribution in [2.75, 3.05) is 7.11 Å². The Hall–Kier alpha value is -3.00. The van der Waals surface area contributed by atoms with Gasteiger partial charge in [-0.1, -0.05) is 11.6 Å². The second-order valence-corrected chi connectivity index (χ2v) is 6.42. The topological polar surface area (TPSA) is 79.4 Å². The molecule has 1 aromatic heterocycles. The van der Waals surface area contributed by atoms with Gasteiger partial charge in [0, 0.05) is 32.6 Å². The molecule has 0 atom stereocenters. The molecule has 1 heterocycles. The van der Waals surface area contributed by atoms with Gasteiger partial charge in [0.1, 0.15) is 5.75 Å². The van der Waals surface area contributed by atoms with Gasteiger partial charge in [0.2, 0.25) is 0 Å². The number of hydrogen-bond acceptors (Lipinski definition) is 3. The number of alkyl halides is 3. The Morgan fingerprint density at radius 2 is 1.93 bits per heavy atom. The van der Waals surface area contributed by atoms with E-state index in [1.165, 1.54) is 25.3 Å². The van der Waals surface area contributed by atoms with E-state index < -0.39 is 29.7 Å². The maximum Gasteiger partial charge on any atom is 0.416 e. The van der Waals surface area contributed by atoms with E-state index in [0.717, 1.165) is 18.2 Å². The highest BCUT2D eigenvalue weighted by Gasteiger charge is 2.31. The first-order chi connectivity index (χ1) is 13.1. The lowest BCUT2D eigenvalue weighted by Gasteiger charge is -2.16. The molecule has 0 aliphatic rings. The Bertz CT molecular complexity index is 1140. The number of rotatable bonds is 4. The second-order valence-electron chi connectivity index (χ2n) is 5.98. The molecule has 5 nitrogen and oxygen atoms in total. The van der Waals surface area contributed by atoms with Crippen molar-refractivity contribution < 1.29 is 27.8 Å². The van der Waals surface area contributed by atoms with Crippen molar-refractivity contribution in [3.8, 4) is 16.9 Å². The molecule has 0 saturated carbocycles. The van der Waals surface area contributed by atoms with Crippen LogP contribution in [0.1, 0.15) is 11.1 Å². The van der Waals surface area contributed by atoms with Crippen molar-refractivity contribution >= 4 is 28.5 Å². The SMILES string of the molecule is COc1ccc(Cl)cc1-c1c(CC(=O)O)c(=O)[nH]c2ccc(C(F)(F)F)cc12. The maximum atomic E-state index is 13.2. The number of methoxy groups -OCH3 is 1. The number of carbonyl (C=O) groups is 1. The molecule has 0 radical (unpaired) electrons. The second kappa shape index (κ2) is 7.20. The summed E-state index contributed by atoms with van der Waals surface area (Å²) >= 11 is 6.04. The number of hydrogen-bond donors (Lipinski definition) is 2. The van der Waals surface area contributed by atoms with Gasteiger partial charge in [-0.2, -0.15) is 13.2 Å². The number of aromatic amines is 1. The third-order valence-corrected chi connectivity index (χ3v) is 4.43. The molecule has 28 heavy (non-hydrogen) atoms. The lowest BCUT2D eigenvalue weighted by molar-refractivity contribution is -0.138. The highest BCUT2D eigenvalue weighted by molar-refractivity contribution is 6.31. The van der Waals surface area contributed by atoms with Crippen molar-refractivity contribution in [2.45, 2.75) is 12.6 Å². The van der Waals surface area contributed by atoms with E-state index >= 15 is 0 Å². The fraction of sp³-hybridized carbons (Fsp3) is 0.158. The molecular weight excluding hydrogens is 399 g/mol. The van der Waals surface area contributed by atoms with Crippen LogP contribution in [0.3, 0.4) is 0 Å². The average molecular weight is 412 g/mol. The maximum absolute atomic E-state index is 13.2. The van der Waals surface area contributed by atoms with Crippen LogP contribution < -0.4 is 10.3 Å². The van der Waals surface area contributed by atoms with Crippen LogP contribution in [0.5, 0.6) is 5.75 Å². The van der Waals surface area contributed by atoms with Gasteiger partial charge in [-0.05, 0) is 36.4 Å². The molecule has 9 heteroatoms. The lowest BCUT2D eigenvalue weighted by Crippen LogP contribution is -2.18. The van der Waals surface area contributed by atoms with Gasteiger partial charge >= 0.3 is 12.1 Å². The normalized spacial score (nSPS) is 11.6. The van der Waals surface area contributed by atoms with Gasteiger partial charge in [-0.3, -0.25) is 9.59 Å². The Morgan fingerprint density at radius 3 is 2.54 bits per heavy atom. The Kier molecular flexibility index (Phi) is 5.08. The summed E-state index contributed by atoms with van der Waals surface area (Å²) < 4.78 is 45.0. The van der Waals surface area contributed by atoms with Crippen molar-refractivity contribution in [3.05, 3.63) is 62.9 Å². The number of benzene rings is 2. The third kappa shape index (κ3) is 3.68. The quantitative estimate of drug-likeness (QED) is 0.662. The van der Waals surface area contributed by atoms with E-state index in [0.29, 0.717) is 0 Å². The molecule has 0 aliphatic heterocycles. The van der Waals surface area contributed by atoms with Crippen LogP contribution in [0, 0.1) is 0 Å². The molecule has 2 N–H and O–H groups in total. The van der Waals surface area contributed by atoms with Crippen molar-refractivity contribution in [1.82, 2.24) is 4.98 Å². The number of carboxylic acid groups (broad SMARTS) is 1. The van der Waals surface area contributed by atoms with Gasteiger partial charge in [-0.15, -0.1) is 0 Å². The predicted molar refractivity (Wildman–Crippen MR) is 97.9 cm³/mol. The van der Waals surface area contributed by atoms with Crippen LogP contribution >= 0.6 is 11.6 Å². The van der Waals surface area contributed by atoms with Crippen LogP contribution in [-0.2, 0) is 17.4 Å². The summed E-state index contributed by atoms with van der Waals surface area (Å²) in [6.07, 6.45) is -5.31. The predicted octanol–water partition coefficient (Wildman–Crippen LogP) is 4.50. The molecule has 3 rings (SSSR count). The van der Waals surface area contributed by atoms with Gasteiger partial charge in [0.15, 0.2) is 0 Å². The first kappa shape index (κ1) is 19.8. The average Bonchev–Trinajstić information content (AvgIpc) is 2.60. The van der Waals surface area contributed by atoms with E-state index in [1.807, 2.05) is 0 Å². The fourth-order valence-electron chi connectivity index (χ4n) is 3.01. The van der Waals surface area contributed by atoms with E-state index in [2.05, 4.69) is 4.98 Å². The van der Waals surface area contributed by atoms with Crippen LogP contribution in [0.25, 0.3) is 22.0 Å². The number of aliphatic carboxylic acids is 1. The van der Waals surface area contributed by atoms with Crippen LogP contribution in [0.15, 0.2) is 41.2 Å². The fourth-order valence-corrected chi connectivity index (χ4v) is 3.19. The molecule has 0 amide bonds. The lowest BCUT2D eigenvalue weighted by atomic mass is 9.93. The molecular formula is C19H13ClF3NO4. The number of ether oxygens (including phenoxy) is 1. The summed E-state index contributed by atoms with van der Waals surface area (Å²) in [7, 11) is 1.35. The molecule has 2 aromatic carbocycles. The van der Waals surface area contributed by atoms with E-state index in [4.69, 9.17) is 16.3 Å². The zero-order chi connectivity index (χ0) is 20.6. The van der Waals surface area contributed by atoms with Gasteiger partial charge in [0.05, 0.1) is 19.1 Å². The number of H-pyrrole nitrogens is 1. The molecule has 0 saturated heterocycles. The van der Waals surface area contributed by atoms with Crippen LogP contribution in [-0.4, -0.2) is 23.2 Å². The van der Waals surface area contributed by atoms with Gasteiger partial charge < -0.3 is 14.8 Å². The number of carboxylic acids is 1. The van der Waals surface area contributed by atoms with Crippen molar-refractivity contribution in [1.29, 1.82) is 0 Å². The van der Waals surface area contributed by atoms with Crippen molar-refractivity contribution in [3.63, 3.8) is 0 Å². The Balaban J connectivity index is 2.50. The summed E-state index contributed by atoms with van der Waals surface area (Å²) in [5, 5.41) is 9.49. The molecule has 0 spiro atoms. The zero-order valence-electron chi connectivity index (χ0n) is 14.4. The highest BCUT2D eigenvalue weighted by atomic mass is 35.5.